The highest BCUT2D eigenvalue weighted by atomic mass is 32.2. The predicted octanol–water partition coefficient (Wildman–Crippen LogP) is 3.17. The van der Waals surface area contributed by atoms with E-state index in [4.69, 9.17) is 4.52 Å². The first-order valence-electron chi connectivity index (χ1n) is 7.11. The summed E-state index contributed by atoms with van der Waals surface area (Å²) in [5.41, 5.74) is 1.24. The smallest absolute Gasteiger partial charge is 0.226 e. The van der Waals surface area contributed by atoms with Gasteiger partial charge in [0.05, 0.1) is 0 Å². The molecule has 0 aliphatic rings. The summed E-state index contributed by atoms with van der Waals surface area (Å²) >= 11 is 1.73. The van der Waals surface area contributed by atoms with Crippen molar-refractivity contribution in [3.05, 3.63) is 41.7 Å². The van der Waals surface area contributed by atoms with Gasteiger partial charge >= 0.3 is 0 Å². The van der Waals surface area contributed by atoms with Gasteiger partial charge in [-0.2, -0.15) is 0 Å². The summed E-state index contributed by atoms with van der Waals surface area (Å²) in [6.45, 7) is 3.30. The average Bonchev–Trinajstić information content (AvgIpc) is 2.91. The Labute approximate surface area is 135 Å². The van der Waals surface area contributed by atoms with Crippen LogP contribution in [0.2, 0.25) is 0 Å². The molecule has 0 aliphatic carbocycles. The highest BCUT2D eigenvalue weighted by molar-refractivity contribution is 7.98. The zero-order valence-electron chi connectivity index (χ0n) is 13.1. The standard InChI is InChI=1S/C16H21N3O2S/c1-12-10-15(18-21-12)17-16(20)8-9-19(2)11-13-4-6-14(22-3)7-5-13/h4-7,10H,8-9,11H2,1-3H3,(H,17,18,20). The number of carbonyl (C=O) groups excluding carboxylic acids is 1. The zero-order valence-corrected chi connectivity index (χ0v) is 13.9. The highest BCUT2D eigenvalue weighted by Crippen LogP contribution is 2.15. The maximum Gasteiger partial charge on any atom is 0.226 e. The van der Waals surface area contributed by atoms with Gasteiger partial charge in [-0.25, -0.2) is 0 Å². The first kappa shape index (κ1) is 16.6. The largest absolute Gasteiger partial charge is 0.360 e. The lowest BCUT2D eigenvalue weighted by Crippen LogP contribution is -2.24. The fraction of sp³-hybridized carbons (Fsp3) is 0.375. The summed E-state index contributed by atoms with van der Waals surface area (Å²) in [6.07, 6.45) is 2.49. The quantitative estimate of drug-likeness (QED) is 0.794. The van der Waals surface area contributed by atoms with Crippen molar-refractivity contribution in [1.82, 2.24) is 10.1 Å². The number of amides is 1. The topological polar surface area (TPSA) is 58.4 Å². The Bertz CT molecular complexity index is 610. The number of aryl methyl sites for hydroxylation is 1. The lowest BCUT2D eigenvalue weighted by molar-refractivity contribution is -0.116. The number of benzene rings is 1. The van der Waals surface area contributed by atoms with E-state index in [1.54, 1.807) is 24.8 Å². The molecule has 1 aromatic carbocycles. The van der Waals surface area contributed by atoms with E-state index in [-0.39, 0.29) is 5.91 Å². The third kappa shape index (κ3) is 5.20. The third-order valence-corrected chi connectivity index (χ3v) is 3.97. The summed E-state index contributed by atoms with van der Waals surface area (Å²) < 4.78 is 4.91. The minimum atomic E-state index is -0.0575. The molecular formula is C16H21N3O2S. The molecule has 0 radical (unpaired) electrons. The molecule has 0 bridgehead atoms. The van der Waals surface area contributed by atoms with Crippen LogP contribution >= 0.6 is 11.8 Å². The molecule has 1 N–H and O–H groups in total. The van der Waals surface area contributed by atoms with Crippen molar-refractivity contribution in [2.45, 2.75) is 24.8 Å². The maximum atomic E-state index is 11.8. The van der Waals surface area contributed by atoms with Gasteiger partial charge in [-0.05, 0) is 37.9 Å². The van der Waals surface area contributed by atoms with E-state index in [2.05, 4.69) is 45.9 Å². The molecule has 22 heavy (non-hydrogen) atoms. The molecular weight excluding hydrogens is 298 g/mol. The van der Waals surface area contributed by atoms with Crippen molar-refractivity contribution in [3.63, 3.8) is 0 Å². The molecule has 6 heteroatoms. The van der Waals surface area contributed by atoms with Gasteiger partial charge in [0.1, 0.15) is 5.76 Å². The van der Waals surface area contributed by atoms with E-state index < -0.39 is 0 Å². The first-order valence-corrected chi connectivity index (χ1v) is 8.34. The van der Waals surface area contributed by atoms with Gasteiger partial charge in [0.25, 0.3) is 0 Å². The number of nitrogens with one attached hydrogen (secondary N) is 1. The van der Waals surface area contributed by atoms with Crippen molar-refractivity contribution in [1.29, 1.82) is 0 Å². The SMILES string of the molecule is CSc1ccc(CN(C)CCC(=O)Nc2cc(C)on2)cc1. The van der Waals surface area contributed by atoms with Crippen molar-refractivity contribution < 1.29 is 9.32 Å². The average molecular weight is 319 g/mol. The fourth-order valence-corrected chi connectivity index (χ4v) is 2.45. The number of rotatable bonds is 7. The van der Waals surface area contributed by atoms with Crippen LogP contribution in [0.25, 0.3) is 0 Å². The van der Waals surface area contributed by atoms with E-state index >= 15 is 0 Å². The minimum Gasteiger partial charge on any atom is -0.360 e. The molecule has 1 heterocycles. The molecule has 1 aromatic heterocycles. The summed E-state index contributed by atoms with van der Waals surface area (Å²) in [7, 11) is 2.01. The lowest BCUT2D eigenvalue weighted by Gasteiger charge is -2.16. The Morgan fingerprint density at radius 2 is 2.09 bits per heavy atom. The van der Waals surface area contributed by atoms with E-state index in [1.165, 1.54) is 10.5 Å². The number of hydrogen-bond donors (Lipinski definition) is 1. The van der Waals surface area contributed by atoms with E-state index in [1.807, 2.05) is 7.05 Å². The fourth-order valence-electron chi connectivity index (χ4n) is 2.04. The number of carbonyl (C=O) groups is 1. The molecule has 0 unspecified atom stereocenters. The van der Waals surface area contributed by atoms with Gasteiger partial charge in [0, 0.05) is 30.5 Å². The van der Waals surface area contributed by atoms with E-state index in [0.717, 1.165) is 6.54 Å². The molecule has 2 rings (SSSR count). The van der Waals surface area contributed by atoms with Crippen LogP contribution in [0.5, 0.6) is 0 Å². The number of hydrogen-bond acceptors (Lipinski definition) is 5. The van der Waals surface area contributed by atoms with Crippen LogP contribution in [0.4, 0.5) is 5.82 Å². The molecule has 118 valence electrons. The molecule has 0 saturated heterocycles. The number of thioether (sulfide) groups is 1. The Hall–Kier alpha value is -1.79. The van der Waals surface area contributed by atoms with Crippen molar-refractivity contribution in [2.24, 2.45) is 0 Å². The van der Waals surface area contributed by atoms with Crippen LogP contribution in [0.1, 0.15) is 17.7 Å². The molecule has 0 spiro atoms. The third-order valence-electron chi connectivity index (χ3n) is 3.23. The monoisotopic (exact) mass is 319 g/mol. The second kappa shape index (κ2) is 8.00. The molecule has 0 saturated carbocycles. The summed E-state index contributed by atoms with van der Waals surface area (Å²) in [5.74, 6) is 1.09. The van der Waals surface area contributed by atoms with Gasteiger partial charge in [-0.15, -0.1) is 11.8 Å². The Kier molecular flexibility index (Phi) is 6.03. The lowest BCUT2D eigenvalue weighted by atomic mass is 10.2. The molecule has 0 aliphatic heterocycles. The molecule has 5 nitrogen and oxygen atoms in total. The molecule has 2 aromatic rings. The Morgan fingerprint density at radius 3 is 2.68 bits per heavy atom. The molecule has 0 fully saturated rings. The summed E-state index contributed by atoms with van der Waals surface area (Å²) in [4.78, 5) is 15.2. The van der Waals surface area contributed by atoms with Gasteiger partial charge in [0.15, 0.2) is 5.82 Å². The summed E-state index contributed by atoms with van der Waals surface area (Å²) in [5, 5.41) is 6.47. The van der Waals surface area contributed by atoms with Gasteiger partial charge < -0.3 is 14.7 Å². The van der Waals surface area contributed by atoms with Gasteiger partial charge in [-0.1, -0.05) is 17.3 Å². The van der Waals surface area contributed by atoms with Crippen LogP contribution in [0.15, 0.2) is 39.8 Å². The number of nitrogens with zero attached hydrogens (tertiary/aromatic N) is 2. The zero-order chi connectivity index (χ0) is 15.9. The van der Waals surface area contributed by atoms with Crippen LogP contribution in [-0.4, -0.2) is 35.8 Å². The first-order chi connectivity index (χ1) is 10.6. The predicted molar refractivity (Wildman–Crippen MR) is 89.0 cm³/mol. The summed E-state index contributed by atoms with van der Waals surface area (Å²) in [6, 6.07) is 10.2. The van der Waals surface area contributed by atoms with Crippen LogP contribution < -0.4 is 5.32 Å². The second-order valence-corrected chi connectivity index (χ2v) is 6.09. The second-order valence-electron chi connectivity index (χ2n) is 5.21. The Morgan fingerprint density at radius 1 is 1.36 bits per heavy atom. The van der Waals surface area contributed by atoms with Crippen LogP contribution in [0, 0.1) is 6.92 Å². The Balaban J connectivity index is 1.74. The molecule has 1 amide bonds. The van der Waals surface area contributed by atoms with E-state index in [9.17, 15) is 4.79 Å². The normalized spacial score (nSPS) is 10.9. The highest BCUT2D eigenvalue weighted by Gasteiger charge is 2.08. The van der Waals surface area contributed by atoms with Crippen molar-refractivity contribution >= 4 is 23.5 Å². The number of anilines is 1. The van der Waals surface area contributed by atoms with Gasteiger partial charge in [-0.3, -0.25) is 4.79 Å². The van der Waals surface area contributed by atoms with Crippen molar-refractivity contribution in [3.8, 4) is 0 Å². The van der Waals surface area contributed by atoms with E-state index in [0.29, 0.717) is 24.5 Å². The van der Waals surface area contributed by atoms with Gasteiger partial charge in [0.2, 0.25) is 5.91 Å². The molecule has 0 atom stereocenters. The van der Waals surface area contributed by atoms with Crippen molar-refractivity contribution in [2.75, 3.05) is 25.2 Å². The van der Waals surface area contributed by atoms with Crippen LogP contribution in [0.3, 0.4) is 0 Å². The number of aromatic nitrogens is 1. The minimum absolute atomic E-state index is 0.0575. The van der Waals surface area contributed by atoms with Crippen LogP contribution in [-0.2, 0) is 11.3 Å². The maximum absolute atomic E-state index is 11.8.